The number of nitrogens with zero attached hydrogens (tertiary/aromatic N) is 2. The van der Waals surface area contributed by atoms with Crippen LogP contribution in [0.1, 0.15) is 16.8 Å². The van der Waals surface area contributed by atoms with E-state index in [0.717, 1.165) is 21.7 Å². The number of anilines is 3. The van der Waals surface area contributed by atoms with E-state index in [1.807, 2.05) is 37.3 Å². The molecule has 0 spiro atoms. The van der Waals surface area contributed by atoms with Crippen LogP contribution in [0.25, 0.3) is 0 Å². The maximum atomic E-state index is 4.54. The Kier molecular flexibility index (Phi) is 5.11. The van der Waals surface area contributed by atoms with Crippen LogP contribution in [-0.2, 0) is 6.54 Å². The molecule has 2 aromatic carbocycles. The Hall–Kier alpha value is -2.40. The van der Waals surface area contributed by atoms with Crippen molar-refractivity contribution in [2.24, 2.45) is 0 Å². The second-order valence-electron chi connectivity index (χ2n) is 5.69. The van der Waals surface area contributed by atoms with Crippen molar-refractivity contribution in [3.8, 4) is 0 Å². The SMILES string of the molecule is Cc1cccc(CNc2nc(C)cc(Nc3ccc(Br)cc3)n2)c1. The molecular formula is C19H19BrN4. The topological polar surface area (TPSA) is 49.8 Å². The average Bonchev–Trinajstić information content (AvgIpc) is 2.55. The highest BCUT2D eigenvalue weighted by molar-refractivity contribution is 9.10. The monoisotopic (exact) mass is 382 g/mol. The molecule has 5 heteroatoms. The fourth-order valence-corrected chi connectivity index (χ4v) is 2.66. The summed E-state index contributed by atoms with van der Waals surface area (Å²) in [6.07, 6.45) is 0. The third kappa shape index (κ3) is 4.55. The average molecular weight is 383 g/mol. The van der Waals surface area contributed by atoms with Crippen molar-refractivity contribution < 1.29 is 0 Å². The van der Waals surface area contributed by atoms with Gasteiger partial charge >= 0.3 is 0 Å². The lowest BCUT2D eigenvalue weighted by Crippen LogP contribution is -2.06. The maximum absolute atomic E-state index is 4.54. The van der Waals surface area contributed by atoms with Crippen molar-refractivity contribution in [2.75, 3.05) is 10.6 Å². The summed E-state index contributed by atoms with van der Waals surface area (Å²) in [6, 6.07) is 18.3. The van der Waals surface area contributed by atoms with E-state index in [4.69, 9.17) is 0 Å². The zero-order valence-electron chi connectivity index (χ0n) is 13.7. The van der Waals surface area contributed by atoms with Crippen molar-refractivity contribution >= 4 is 33.4 Å². The molecule has 0 fully saturated rings. The van der Waals surface area contributed by atoms with E-state index in [9.17, 15) is 0 Å². The summed E-state index contributed by atoms with van der Waals surface area (Å²) >= 11 is 3.44. The summed E-state index contributed by atoms with van der Waals surface area (Å²) in [4.78, 5) is 9.00. The minimum Gasteiger partial charge on any atom is -0.350 e. The van der Waals surface area contributed by atoms with Gasteiger partial charge in [-0.2, -0.15) is 4.98 Å². The highest BCUT2D eigenvalue weighted by Gasteiger charge is 2.03. The predicted molar refractivity (Wildman–Crippen MR) is 103 cm³/mol. The Morgan fingerprint density at radius 1 is 0.958 bits per heavy atom. The predicted octanol–water partition coefficient (Wildman–Crippen LogP) is 5.21. The first-order valence-electron chi connectivity index (χ1n) is 7.76. The largest absolute Gasteiger partial charge is 0.350 e. The Morgan fingerprint density at radius 3 is 2.50 bits per heavy atom. The molecule has 4 nitrogen and oxygen atoms in total. The van der Waals surface area contributed by atoms with Crippen LogP contribution < -0.4 is 10.6 Å². The summed E-state index contributed by atoms with van der Waals surface area (Å²) in [5, 5.41) is 6.60. The van der Waals surface area contributed by atoms with Gasteiger partial charge in [0.25, 0.3) is 0 Å². The lowest BCUT2D eigenvalue weighted by atomic mass is 10.1. The Morgan fingerprint density at radius 2 is 1.75 bits per heavy atom. The summed E-state index contributed by atoms with van der Waals surface area (Å²) in [7, 11) is 0. The van der Waals surface area contributed by atoms with Crippen LogP contribution in [0.15, 0.2) is 59.1 Å². The van der Waals surface area contributed by atoms with Crippen molar-refractivity contribution in [1.29, 1.82) is 0 Å². The maximum Gasteiger partial charge on any atom is 0.225 e. The smallest absolute Gasteiger partial charge is 0.225 e. The van der Waals surface area contributed by atoms with Crippen LogP contribution in [0, 0.1) is 13.8 Å². The minimum absolute atomic E-state index is 0.621. The van der Waals surface area contributed by atoms with E-state index >= 15 is 0 Å². The highest BCUT2D eigenvalue weighted by atomic mass is 79.9. The zero-order chi connectivity index (χ0) is 16.9. The molecule has 3 aromatic rings. The molecule has 0 saturated carbocycles. The van der Waals surface area contributed by atoms with Gasteiger partial charge in [-0.3, -0.25) is 0 Å². The van der Waals surface area contributed by atoms with E-state index < -0.39 is 0 Å². The fraction of sp³-hybridized carbons (Fsp3) is 0.158. The zero-order valence-corrected chi connectivity index (χ0v) is 15.3. The van der Waals surface area contributed by atoms with E-state index in [1.165, 1.54) is 11.1 Å². The van der Waals surface area contributed by atoms with E-state index in [1.54, 1.807) is 0 Å². The van der Waals surface area contributed by atoms with Gasteiger partial charge in [0.1, 0.15) is 5.82 Å². The van der Waals surface area contributed by atoms with E-state index in [0.29, 0.717) is 12.5 Å². The minimum atomic E-state index is 0.621. The molecule has 0 aliphatic rings. The summed E-state index contributed by atoms with van der Waals surface area (Å²) in [5.74, 6) is 1.40. The van der Waals surface area contributed by atoms with Gasteiger partial charge in [-0.05, 0) is 43.7 Å². The third-order valence-electron chi connectivity index (χ3n) is 3.50. The molecule has 0 aliphatic heterocycles. The molecule has 3 rings (SSSR count). The molecule has 1 heterocycles. The number of benzene rings is 2. The molecule has 0 aliphatic carbocycles. The van der Waals surface area contributed by atoms with Crippen molar-refractivity contribution in [2.45, 2.75) is 20.4 Å². The van der Waals surface area contributed by atoms with Crippen molar-refractivity contribution in [3.05, 3.63) is 75.9 Å². The first-order chi connectivity index (χ1) is 11.6. The number of aromatic nitrogens is 2. The molecular weight excluding hydrogens is 364 g/mol. The first-order valence-corrected chi connectivity index (χ1v) is 8.55. The molecule has 0 saturated heterocycles. The second kappa shape index (κ2) is 7.45. The summed E-state index contributed by atoms with van der Waals surface area (Å²) in [5.41, 5.74) is 4.36. The van der Waals surface area contributed by atoms with Crippen molar-refractivity contribution in [3.63, 3.8) is 0 Å². The first kappa shape index (κ1) is 16.5. The van der Waals surface area contributed by atoms with Gasteiger partial charge in [-0.1, -0.05) is 45.8 Å². The number of hydrogen-bond acceptors (Lipinski definition) is 4. The Bertz CT molecular complexity index is 831. The van der Waals surface area contributed by atoms with Gasteiger partial charge in [0.15, 0.2) is 0 Å². The van der Waals surface area contributed by atoms with E-state index in [2.05, 4.69) is 67.7 Å². The summed E-state index contributed by atoms with van der Waals surface area (Å²) in [6.45, 7) is 4.75. The number of rotatable bonds is 5. The van der Waals surface area contributed by atoms with Gasteiger partial charge in [0.05, 0.1) is 0 Å². The van der Waals surface area contributed by atoms with Crippen LogP contribution in [0.5, 0.6) is 0 Å². The molecule has 0 radical (unpaired) electrons. The second-order valence-corrected chi connectivity index (χ2v) is 6.61. The van der Waals surface area contributed by atoms with Crippen LogP contribution in [0.4, 0.5) is 17.5 Å². The van der Waals surface area contributed by atoms with Crippen LogP contribution in [0.2, 0.25) is 0 Å². The lowest BCUT2D eigenvalue weighted by Gasteiger charge is -2.10. The standard InChI is InChI=1S/C19H19BrN4/c1-13-4-3-5-15(10-13)12-21-19-22-14(2)11-18(24-19)23-17-8-6-16(20)7-9-17/h3-11H,12H2,1-2H3,(H2,21,22,23,24). The molecule has 0 atom stereocenters. The van der Waals surface area contributed by atoms with Gasteiger partial charge in [-0.25, -0.2) is 4.98 Å². The van der Waals surface area contributed by atoms with Crippen LogP contribution >= 0.6 is 15.9 Å². The Balaban J connectivity index is 1.72. The summed E-state index contributed by atoms with van der Waals surface area (Å²) < 4.78 is 1.05. The molecule has 0 unspecified atom stereocenters. The molecule has 24 heavy (non-hydrogen) atoms. The Labute approximate surface area is 150 Å². The molecule has 0 amide bonds. The van der Waals surface area contributed by atoms with Crippen molar-refractivity contribution in [1.82, 2.24) is 9.97 Å². The molecule has 2 N–H and O–H groups in total. The third-order valence-corrected chi connectivity index (χ3v) is 4.03. The molecule has 1 aromatic heterocycles. The van der Waals surface area contributed by atoms with Gasteiger partial charge in [-0.15, -0.1) is 0 Å². The van der Waals surface area contributed by atoms with Gasteiger partial charge < -0.3 is 10.6 Å². The number of nitrogens with one attached hydrogen (secondary N) is 2. The van der Waals surface area contributed by atoms with Crippen LogP contribution in [0.3, 0.4) is 0 Å². The molecule has 0 bridgehead atoms. The van der Waals surface area contributed by atoms with Gasteiger partial charge in [0, 0.05) is 28.5 Å². The number of hydrogen-bond donors (Lipinski definition) is 2. The highest BCUT2D eigenvalue weighted by Crippen LogP contribution is 2.19. The van der Waals surface area contributed by atoms with Crippen LogP contribution in [-0.4, -0.2) is 9.97 Å². The normalized spacial score (nSPS) is 10.5. The lowest BCUT2D eigenvalue weighted by molar-refractivity contribution is 1.03. The number of halogens is 1. The van der Waals surface area contributed by atoms with Gasteiger partial charge in [0.2, 0.25) is 5.95 Å². The fourth-order valence-electron chi connectivity index (χ4n) is 2.40. The van der Waals surface area contributed by atoms with E-state index in [-0.39, 0.29) is 0 Å². The number of aryl methyl sites for hydroxylation is 2. The molecule has 122 valence electrons. The quantitative estimate of drug-likeness (QED) is 0.635.